The van der Waals surface area contributed by atoms with Crippen molar-refractivity contribution in [2.24, 2.45) is 0 Å². The van der Waals surface area contributed by atoms with Crippen LogP contribution in [0.2, 0.25) is 0 Å². The summed E-state index contributed by atoms with van der Waals surface area (Å²) in [6.07, 6.45) is 0.717. The zero-order valence-electron chi connectivity index (χ0n) is 16.2. The van der Waals surface area contributed by atoms with Crippen molar-refractivity contribution >= 4 is 11.8 Å². The number of para-hydroxylation sites is 2. The van der Waals surface area contributed by atoms with E-state index in [-0.39, 0.29) is 19.0 Å². The van der Waals surface area contributed by atoms with Gasteiger partial charge in [0.25, 0.3) is 0 Å². The third kappa shape index (κ3) is 3.89. The number of rotatable bonds is 6. The van der Waals surface area contributed by atoms with Crippen LogP contribution in [0.15, 0.2) is 53.1 Å². The molecule has 7 heteroatoms. The monoisotopic (exact) mass is 395 g/mol. The van der Waals surface area contributed by atoms with Crippen molar-refractivity contribution in [1.82, 2.24) is 4.57 Å². The molecule has 29 heavy (non-hydrogen) atoms. The molecule has 0 amide bonds. The van der Waals surface area contributed by atoms with Crippen LogP contribution < -0.4 is 9.47 Å². The molecule has 1 aromatic carbocycles. The van der Waals surface area contributed by atoms with Crippen LogP contribution in [0, 0.1) is 13.8 Å². The van der Waals surface area contributed by atoms with Gasteiger partial charge in [0.05, 0.1) is 12.8 Å². The fourth-order valence-corrected chi connectivity index (χ4v) is 3.33. The van der Waals surface area contributed by atoms with Gasteiger partial charge >= 0.3 is 5.97 Å². The molecule has 0 radical (unpaired) electrons. The summed E-state index contributed by atoms with van der Waals surface area (Å²) in [4.78, 5) is 24.9. The second-order valence-electron chi connectivity index (χ2n) is 6.85. The lowest BCUT2D eigenvalue weighted by atomic mass is 10.1. The van der Waals surface area contributed by atoms with Crippen molar-refractivity contribution < 1.29 is 28.2 Å². The third-order valence-electron chi connectivity index (χ3n) is 4.89. The molecule has 1 atom stereocenters. The Kier molecular flexibility index (Phi) is 5.12. The van der Waals surface area contributed by atoms with Crippen LogP contribution in [-0.2, 0) is 16.1 Å². The number of hydrogen-bond donors (Lipinski definition) is 0. The molecule has 0 spiro atoms. The number of fused-ring (bicyclic) bond motifs is 1. The molecule has 1 aliphatic rings. The minimum atomic E-state index is -0.899. The van der Waals surface area contributed by atoms with Crippen molar-refractivity contribution in [2.45, 2.75) is 26.5 Å². The van der Waals surface area contributed by atoms with Crippen LogP contribution in [-0.4, -0.2) is 35.6 Å². The molecule has 2 aromatic heterocycles. The van der Waals surface area contributed by atoms with Crippen molar-refractivity contribution in [3.05, 3.63) is 71.4 Å². The van der Waals surface area contributed by atoms with Crippen molar-refractivity contribution in [3.63, 3.8) is 0 Å². The molecular weight excluding hydrogens is 374 g/mol. The van der Waals surface area contributed by atoms with Gasteiger partial charge in [0.1, 0.15) is 12.4 Å². The number of carbonyl (C=O) groups excluding carboxylic acids is 2. The summed E-state index contributed by atoms with van der Waals surface area (Å²) < 4.78 is 23.7. The number of ketones is 1. The Morgan fingerprint density at radius 3 is 2.69 bits per heavy atom. The lowest BCUT2D eigenvalue weighted by Gasteiger charge is -2.24. The van der Waals surface area contributed by atoms with Crippen molar-refractivity contribution in [2.75, 3.05) is 13.2 Å². The van der Waals surface area contributed by atoms with E-state index in [1.807, 2.05) is 36.6 Å². The van der Waals surface area contributed by atoms with Crippen LogP contribution in [0.5, 0.6) is 11.5 Å². The second-order valence-corrected chi connectivity index (χ2v) is 6.85. The molecule has 0 bridgehead atoms. The average molecular weight is 395 g/mol. The maximum absolute atomic E-state index is 12.6. The number of esters is 1. The Morgan fingerprint density at radius 2 is 1.93 bits per heavy atom. The fourth-order valence-electron chi connectivity index (χ4n) is 3.33. The van der Waals surface area contributed by atoms with Gasteiger partial charge in [-0.2, -0.15) is 0 Å². The van der Waals surface area contributed by atoms with Crippen LogP contribution >= 0.6 is 0 Å². The van der Waals surface area contributed by atoms with E-state index in [2.05, 4.69) is 0 Å². The molecule has 0 fully saturated rings. The maximum atomic E-state index is 12.6. The van der Waals surface area contributed by atoms with Crippen LogP contribution in [0.3, 0.4) is 0 Å². The predicted octanol–water partition coefficient (Wildman–Crippen LogP) is 3.31. The van der Waals surface area contributed by atoms with Gasteiger partial charge in [-0.1, -0.05) is 12.1 Å². The summed E-state index contributed by atoms with van der Waals surface area (Å²) in [5.41, 5.74) is 2.24. The number of benzene rings is 1. The van der Waals surface area contributed by atoms with Gasteiger partial charge in [-0.3, -0.25) is 4.79 Å². The summed E-state index contributed by atoms with van der Waals surface area (Å²) in [5, 5.41) is 0. The number of aromatic nitrogens is 1. The van der Waals surface area contributed by atoms with Gasteiger partial charge in [0.2, 0.25) is 11.9 Å². The van der Waals surface area contributed by atoms with E-state index < -0.39 is 12.1 Å². The van der Waals surface area contributed by atoms with E-state index >= 15 is 0 Å². The van der Waals surface area contributed by atoms with Gasteiger partial charge in [-0.25, -0.2) is 4.79 Å². The number of hydrogen-bond acceptors (Lipinski definition) is 6. The van der Waals surface area contributed by atoms with E-state index in [9.17, 15) is 9.59 Å². The van der Waals surface area contributed by atoms with Gasteiger partial charge < -0.3 is 23.2 Å². The fraction of sp³-hybridized carbons (Fsp3) is 0.273. The van der Waals surface area contributed by atoms with Crippen molar-refractivity contribution in [1.29, 1.82) is 0 Å². The zero-order valence-corrected chi connectivity index (χ0v) is 16.2. The van der Waals surface area contributed by atoms with E-state index in [4.69, 9.17) is 18.6 Å². The third-order valence-corrected chi connectivity index (χ3v) is 4.89. The molecule has 3 heterocycles. The van der Waals surface area contributed by atoms with E-state index in [1.54, 1.807) is 30.5 Å². The first-order chi connectivity index (χ1) is 14.0. The first-order valence-electron chi connectivity index (χ1n) is 9.30. The Labute approximate surface area is 167 Å². The number of ether oxygens (including phenoxy) is 3. The molecule has 7 nitrogen and oxygen atoms in total. The summed E-state index contributed by atoms with van der Waals surface area (Å²) >= 11 is 0. The quantitative estimate of drug-likeness (QED) is 0.471. The first kappa shape index (κ1) is 18.9. The summed E-state index contributed by atoms with van der Waals surface area (Å²) in [6.45, 7) is 4.00. The molecule has 1 aliphatic heterocycles. The minimum absolute atomic E-state index is 0.0434. The van der Waals surface area contributed by atoms with E-state index in [0.29, 0.717) is 23.6 Å². The van der Waals surface area contributed by atoms with Gasteiger partial charge in [0, 0.05) is 17.0 Å². The number of aryl methyl sites for hydroxylation is 1. The molecule has 0 N–H and O–H groups in total. The molecular formula is C22H21NO6. The Morgan fingerprint density at radius 1 is 1.14 bits per heavy atom. The molecule has 0 saturated heterocycles. The second kappa shape index (κ2) is 7.87. The Bertz CT molecular complexity index is 1030. The maximum Gasteiger partial charge on any atom is 0.351 e. The normalized spacial score (nSPS) is 15.2. The topological polar surface area (TPSA) is 79.9 Å². The number of Topliss-reactive ketones (excluding diaryl/α,β-unsaturated/α-hetero) is 1. The minimum Gasteiger partial charge on any atom is -0.485 e. The van der Waals surface area contributed by atoms with Gasteiger partial charge in [-0.15, -0.1) is 0 Å². The molecule has 0 unspecified atom stereocenters. The van der Waals surface area contributed by atoms with Crippen molar-refractivity contribution in [3.8, 4) is 11.5 Å². The highest BCUT2D eigenvalue weighted by Gasteiger charge is 2.29. The van der Waals surface area contributed by atoms with E-state index in [0.717, 1.165) is 17.1 Å². The molecule has 4 rings (SSSR count). The molecule has 0 aliphatic carbocycles. The largest absolute Gasteiger partial charge is 0.485 e. The highest BCUT2D eigenvalue weighted by molar-refractivity contribution is 5.99. The average Bonchev–Trinajstić information content (AvgIpc) is 3.35. The first-order valence-corrected chi connectivity index (χ1v) is 9.30. The number of nitrogens with zero attached hydrogens (tertiary/aromatic N) is 1. The van der Waals surface area contributed by atoms with Gasteiger partial charge in [0.15, 0.2) is 18.1 Å². The van der Waals surface area contributed by atoms with E-state index in [1.165, 1.54) is 0 Å². The summed E-state index contributed by atoms with van der Waals surface area (Å²) in [7, 11) is 0. The van der Waals surface area contributed by atoms with Crippen LogP contribution in [0.4, 0.5) is 0 Å². The lowest BCUT2D eigenvalue weighted by Crippen LogP contribution is -2.38. The summed E-state index contributed by atoms with van der Waals surface area (Å²) in [5.74, 6) is 0.962. The number of furan rings is 1. The molecule has 0 saturated carbocycles. The highest BCUT2D eigenvalue weighted by Crippen LogP contribution is 2.31. The van der Waals surface area contributed by atoms with Crippen LogP contribution in [0.25, 0.3) is 0 Å². The smallest absolute Gasteiger partial charge is 0.351 e. The Balaban J connectivity index is 1.38. The van der Waals surface area contributed by atoms with Gasteiger partial charge in [-0.05, 0) is 44.2 Å². The molecule has 3 aromatic rings. The zero-order chi connectivity index (χ0) is 20.4. The lowest BCUT2D eigenvalue weighted by molar-refractivity contribution is -0.153. The standard InChI is InChI=1S/C22H21NO6/c1-14-10-17(15(2)23(14)11-16-6-5-9-26-16)18(24)12-28-22(25)21-13-27-19-7-3-4-8-20(19)29-21/h3-10,21H,11-13H2,1-2H3/t21-/m1/s1. The van der Waals surface area contributed by atoms with Crippen LogP contribution in [0.1, 0.15) is 27.5 Å². The highest BCUT2D eigenvalue weighted by atomic mass is 16.6. The SMILES string of the molecule is Cc1cc(C(=O)COC(=O)[C@H]2COc3ccccc3O2)c(C)n1Cc1ccco1. The molecule has 150 valence electrons. The predicted molar refractivity (Wildman–Crippen MR) is 103 cm³/mol. The Hall–Kier alpha value is -3.48. The number of carbonyl (C=O) groups is 2. The summed E-state index contributed by atoms with van der Waals surface area (Å²) in [6, 6.07) is 12.6.